The van der Waals surface area contributed by atoms with Gasteiger partial charge in [-0.2, -0.15) is 13.2 Å². The Bertz CT molecular complexity index is 333. The van der Waals surface area contributed by atoms with Crippen LogP contribution >= 0.6 is 15.9 Å². The third-order valence-corrected chi connectivity index (χ3v) is 5.63. The molecule has 6 heteroatoms. The van der Waals surface area contributed by atoms with Crippen molar-refractivity contribution in [1.29, 1.82) is 0 Å². The molecule has 0 unspecified atom stereocenters. The molecule has 0 heterocycles. The number of halogens is 4. The second kappa shape index (κ2) is 5.62. The lowest BCUT2D eigenvalue weighted by Crippen LogP contribution is -2.38. The van der Waals surface area contributed by atoms with Crippen molar-refractivity contribution >= 4 is 21.8 Å². The van der Waals surface area contributed by atoms with Crippen molar-refractivity contribution in [3.8, 4) is 0 Å². The van der Waals surface area contributed by atoms with E-state index in [0.29, 0.717) is 19.4 Å². The van der Waals surface area contributed by atoms with Crippen molar-refractivity contribution in [3.63, 3.8) is 0 Å². The van der Waals surface area contributed by atoms with E-state index >= 15 is 0 Å². The Morgan fingerprint density at radius 1 is 1.21 bits per heavy atom. The summed E-state index contributed by atoms with van der Waals surface area (Å²) in [4.78, 5) is 11.9. The lowest BCUT2D eigenvalue weighted by Gasteiger charge is -2.29. The predicted molar refractivity (Wildman–Crippen MR) is 70.0 cm³/mol. The molecule has 2 aliphatic rings. The van der Waals surface area contributed by atoms with Gasteiger partial charge in [-0.25, -0.2) is 0 Å². The monoisotopic (exact) mass is 341 g/mol. The molecule has 0 aromatic carbocycles. The molecule has 0 bridgehead atoms. The average molecular weight is 342 g/mol. The van der Waals surface area contributed by atoms with Crippen LogP contribution in [-0.4, -0.2) is 24.0 Å². The van der Waals surface area contributed by atoms with Gasteiger partial charge in [0.05, 0.1) is 5.92 Å². The molecule has 0 spiro atoms. The molecule has 2 aliphatic carbocycles. The van der Waals surface area contributed by atoms with Crippen LogP contribution in [0.3, 0.4) is 0 Å². The van der Waals surface area contributed by atoms with Gasteiger partial charge in [-0.15, -0.1) is 0 Å². The van der Waals surface area contributed by atoms with Gasteiger partial charge in [0, 0.05) is 17.8 Å². The Balaban J connectivity index is 1.73. The summed E-state index contributed by atoms with van der Waals surface area (Å²) in [7, 11) is 0. The Kier molecular flexibility index (Phi) is 4.48. The van der Waals surface area contributed by atoms with Gasteiger partial charge in [-0.05, 0) is 43.9 Å². The highest BCUT2D eigenvalue weighted by Crippen LogP contribution is 2.46. The molecule has 0 radical (unpaired) electrons. The predicted octanol–water partition coefficient (Wildman–Crippen LogP) is 3.65. The second-order valence-electron chi connectivity index (χ2n) is 5.94. The first-order valence-electron chi connectivity index (χ1n) is 6.77. The van der Waals surface area contributed by atoms with Gasteiger partial charge in [0.2, 0.25) is 5.91 Å². The third-order valence-electron chi connectivity index (χ3n) is 4.44. The van der Waals surface area contributed by atoms with E-state index < -0.39 is 12.1 Å². The molecule has 0 aliphatic heterocycles. The molecule has 1 N–H and O–H groups in total. The molecule has 0 saturated heterocycles. The summed E-state index contributed by atoms with van der Waals surface area (Å²) in [5, 5.41) is 3.79. The van der Waals surface area contributed by atoms with Crippen LogP contribution in [0.5, 0.6) is 0 Å². The number of hydrogen-bond donors (Lipinski definition) is 1. The fourth-order valence-electron chi connectivity index (χ4n) is 2.64. The minimum absolute atomic E-state index is 0.0622. The SMILES string of the molecule is O=C(NCC1(CBr)CC1)C1CCC(C(F)(F)F)CC1. The molecule has 0 aromatic rings. The molecule has 110 valence electrons. The minimum atomic E-state index is -4.10. The lowest BCUT2D eigenvalue weighted by molar-refractivity contribution is -0.184. The highest BCUT2D eigenvalue weighted by molar-refractivity contribution is 9.09. The van der Waals surface area contributed by atoms with Gasteiger partial charge in [0.25, 0.3) is 0 Å². The zero-order valence-corrected chi connectivity index (χ0v) is 12.3. The van der Waals surface area contributed by atoms with E-state index in [2.05, 4.69) is 21.2 Å². The number of alkyl halides is 4. The number of carbonyl (C=O) groups is 1. The zero-order chi connectivity index (χ0) is 14.1. The third kappa shape index (κ3) is 3.86. The van der Waals surface area contributed by atoms with E-state index in [9.17, 15) is 18.0 Å². The summed E-state index contributed by atoms with van der Waals surface area (Å²) in [6.07, 6.45) is -0.987. The lowest BCUT2D eigenvalue weighted by atomic mass is 9.81. The Hall–Kier alpha value is -0.260. The maximum Gasteiger partial charge on any atom is 0.391 e. The largest absolute Gasteiger partial charge is 0.391 e. The van der Waals surface area contributed by atoms with Crippen molar-refractivity contribution < 1.29 is 18.0 Å². The molecule has 1 amide bonds. The summed E-state index contributed by atoms with van der Waals surface area (Å²) in [6.45, 7) is 0.649. The standard InChI is InChI=1S/C13H19BrF3NO/c14-7-12(5-6-12)8-18-11(19)9-1-3-10(4-2-9)13(15,16)17/h9-10H,1-8H2,(H,18,19). The normalized spacial score (nSPS) is 29.9. The summed E-state index contributed by atoms with van der Waals surface area (Å²) in [5.41, 5.74) is 0.207. The molecule has 2 saturated carbocycles. The topological polar surface area (TPSA) is 29.1 Å². The molecule has 2 rings (SSSR count). The highest BCUT2D eigenvalue weighted by atomic mass is 79.9. The van der Waals surface area contributed by atoms with Crippen molar-refractivity contribution in [2.75, 3.05) is 11.9 Å². The van der Waals surface area contributed by atoms with E-state index in [1.807, 2.05) is 0 Å². The van der Waals surface area contributed by atoms with E-state index in [1.54, 1.807) is 0 Å². The highest BCUT2D eigenvalue weighted by Gasteiger charge is 2.44. The average Bonchev–Trinajstić information content (AvgIpc) is 3.16. The van der Waals surface area contributed by atoms with Crippen LogP contribution in [0.2, 0.25) is 0 Å². The van der Waals surface area contributed by atoms with Crippen molar-refractivity contribution in [2.45, 2.75) is 44.7 Å². The van der Waals surface area contributed by atoms with E-state index in [0.717, 1.165) is 18.2 Å². The maximum atomic E-state index is 12.5. The van der Waals surface area contributed by atoms with Gasteiger partial charge in [0.1, 0.15) is 0 Å². The number of amides is 1. The summed E-state index contributed by atoms with van der Waals surface area (Å²) >= 11 is 3.43. The van der Waals surface area contributed by atoms with Crippen LogP contribution in [0.25, 0.3) is 0 Å². The summed E-state index contributed by atoms with van der Waals surface area (Å²) in [5.74, 6) is -1.51. The first-order chi connectivity index (χ1) is 8.86. The van der Waals surface area contributed by atoms with Gasteiger partial charge >= 0.3 is 6.18 Å². The molecule has 2 nitrogen and oxygen atoms in total. The van der Waals surface area contributed by atoms with Gasteiger partial charge in [-0.1, -0.05) is 15.9 Å². The van der Waals surface area contributed by atoms with Crippen molar-refractivity contribution in [3.05, 3.63) is 0 Å². The molecule has 0 atom stereocenters. The van der Waals surface area contributed by atoms with Crippen LogP contribution in [0.1, 0.15) is 38.5 Å². The molecular weight excluding hydrogens is 323 g/mol. The van der Waals surface area contributed by atoms with Crippen LogP contribution in [0, 0.1) is 17.3 Å². The number of hydrogen-bond acceptors (Lipinski definition) is 1. The smallest absolute Gasteiger partial charge is 0.355 e. The first-order valence-corrected chi connectivity index (χ1v) is 7.89. The van der Waals surface area contributed by atoms with Crippen molar-refractivity contribution in [2.24, 2.45) is 17.3 Å². The fraction of sp³-hybridized carbons (Fsp3) is 0.923. The van der Waals surface area contributed by atoms with Gasteiger partial charge < -0.3 is 5.32 Å². The molecule has 2 fully saturated rings. The zero-order valence-electron chi connectivity index (χ0n) is 10.7. The van der Waals surface area contributed by atoms with Crippen LogP contribution in [0.15, 0.2) is 0 Å². The van der Waals surface area contributed by atoms with Crippen molar-refractivity contribution in [1.82, 2.24) is 5.32 Å². The Morgan fingerprint density at radius 2 is 1.79 bits per heavy atom. The van der Waals surface area contributed by atoms with Gasteiger partial charge in [0.15, 0.2) is 0 Å². The number of rotatable bonds is 4. The van der Waals surface area contributed by atoms with E-state index in [1.165, 1.54) is 0 Å². The summed E-state index contributed by atoms with van der Waals surface area (Å²) < 4.78 is 37.6. The second-order valence-corrected chi connectivity index (χ2v) is 6.50. The van der Waals surface area contributed by atoms with E-state index in [-0.39, 0.29) is 30.1 Å². The maximum absolute atomic E-state index is 12.5. The minimum Gasteiger partial charge on any atom is -0.355 e. The van der Waals surface area contributed by atoms with Gasteiger partial charge in [-0.3, -0.25) is 4.79 Å². The Labute approximate surface area is 119 Å². The molecular formula is C13H19BrF3NO. The summed E-state index contributed by atoms with van der Waals surface area (Å²) in [6, 6.07) is 0. The molecule has 0 aromatic heterocycles. The van der Waals surface area contributed by atoms with E-state index in [4.69, 9.17) is 0 Å². The fourth-order valence-corrected chi connectivity index (χ4v) is 3.40. The van der Waals surface area contributed by atoms with Crippen LogP contribution in [0.4, 0.5) is 13.2 Å². The number of carbonyl (C=O) groups excluding carboxylic acids is 1. The first kappa shape index (κ1) is 15.1. The quantitative estimate of drug-likeness (QED) is 0.777. The van der Waals surface area contributed by atoms with Crippen LogP contribution < -0.4 is 5.32 Å². The van der Waals surface area contributed by atoms with Crippen LogP contribution in [-0.2, 0) is 4.79 Å². The number of nitrogens with one attached hydrogen (secondary N) is 1. The Morgan fingerprint density at radius 3 is 2.21 bits per heavy atom. The molecule has 19 heavy (non-hydrogen) atoms.